The molecule has 220 valence electrons. The van der Waals surface area contributed by atoms with E-state index in [0.717, 1.165) is 81.4 Å². The lowest BCUT2D eigenvalue weighted by atomic mass is 9.77. The van der Waals surface area contributed by atoms with Gasteiger partial charge in [0.2, 0.25) is 17.7 Å². The van der Waals surface area contributed by atoms with Gasteiger partial charge in [0.1, 0.15) is 17.9 Å². The van der Waals surface area contributed by atoms with Crippen molar-refractivity contribution in [1.82, 2.24) is 20.0 Å². The fourth-order valence-electron chi connectivity index (χ4n) is 7.87. The summed E-state index contributed by atoms with van der Waals surface area (Å²) >= 11 is 0. The van der Waals surface area contributed by atoms with E-state index in [1.165, 1.54) is 25.7 Å². The third-order valence-corrected chi connectivity index (χ3v) is 10.6. The summed E-state index contributed by atoms with van der Waals surface area (Å²) in [6.07, 6.45) is 10.9. The maximum absolute atomic E-state index is 13.1. The summed E-state index contributed by atoms with van der Waals surface area (Å²) in [4.78, 5) is 55.8. The van der Waals surface area contributed by atoms with Crippen LogP contribution in [0.3, 0.4) is 0 Å². The summed E-state index contributed by atoms with van der Waals surface area (Å²) in [5.74, 6) is 2.47. The van der Waals surface area contributed by atoms with Crippen molar-refractivity contribution in [2.24, 2.45) is 17.8 Å². The molecular formula is C32H42N4O5. The predicted molar refractivity (Wildman–Crippen MR) is 151 cm³/mol. The lowest BCUT2D eigenvalue weighted by Gasteiger charge is -2.51. The minimum Gasteiger partial charge on any atom is -0.489 e. The van der Waals surface area contributed by atoms with Crippen LogP contribution in [0, 0.1) is 17.8 Å². The Balaban J connectivity index is 0.930. The average Bonchev–Trinajstić information content (AvgIpc) is 3.70. The lowest BCUT2D eigenvalue weighted by molar-refractivity contribution is -0.137. The second kappa shape index (κ2) is 11.0. The highest BCUT2D eigenvalue weighted by atomic mass is 16.5. The van der Waals surface area contributed by atoms with Crippen LogP contribution in [0.1, 0.15) is 86.6 Å². The van der Waals surface area contributed by atoms with Crippen molar-refractivity contribution in [3.05, 3.63) is 29.3 Å². The first kappa shape index (κ1) is 26.9. The fourth-order valence-corrected chi connectivity index (χ4v) is 7.87. The molecule has 1 aromatic carbocycles. The van der Waals surface area contributed by atoms with Gasteiger partial charge in [0.25, 0.3) is 5.91 Å². The van der Waals surface area contributed by atoms with Crippen molar-refractivity contribution < 1.29 is 23.9 Å². The van der Waals surface area contributed by atoms with E-state index >= 15 is 0 Å². The molecule has 4 heterocycles. The number of piperidine rings is 2. The minimum absolute atomic E-state index is 0.132. The van der Waals surface area contributed by atoms with E-state index in [2.05, 4.69) is 15.1 Å². The standard InChI is InChI=1S/C32H42N4O5/c37-29-10-9-27(31(39)33-29)36-19-22-16-24(7-8-25(22)32(36)40)41-28-4-2-1-3-26(28)35-17-23(18-35)21-11-13-34(14-12-21)30(38)15-20-5-6-20/h7-8,16,20-21,23,26-28H,1-6,9-15,17-19H2,(H,33,37,39)/t26-,27?,28-/m0/s1. The van der Waals surface area contributed by atoms with Crippen molar-refractivity contribution in [3.63, 3.8) is 0 Å². The summed E-state index contributed by atoms with van der Waals surface area (Å²) in [5.41, 5.74) is 1.50. The molecule has 9 nitrogen and oxygen atoms in total. The predicted octanol–water partition coefficient (Wildman–Crippen LogP) is 3.11. The number of hydrogen-bond donors (Lipinski definition) is 1. The molecule has 1 aromatic rings. The van der Waals surface area contributed by atoms with Gasteiger partial charge in [-0.1, -0.05) is 6.42 Å². The third-order valence-electron chi connectivity index (χ3n) is 10.6. The number of likely N-dealkylation sites (tertiary alicyclic amines) is 2. The van der Waals surface area contributed by atoms with Crippen molar-refractivity contribution in [2.45, 2.75) is 95.4 Å². The number of carbonyl (C=O) groups excluding carboxylic acids is 4. The number of nitrogens with one attached hydrogen (secondary N) is 1. The maximum Gasteiger partial charge on any atom is 0.255 e. The molecule has 4 aliphatic heterocycles. The van der Waals surface area contributed by atoms with Gasteiger partial charge in [-0.15, -0.1) is 0 Å². The molecule has 7 rings (SSSR count). The Morgan fingerprint density at radius 2 is 1.71 bits per heavy atom. The maximum atomic E-state index is 13.1. The minimum atomic E-state index is -0.602. The van der Waals surface area contributed by atoms with Crippen LogP contribution in [0.15, 0.2) is 18.2 Å². The molecule has 5 fully saturated rings. The first-order valence-corrected chi connectivity index (χ1v) is 15.9. The monoisotopic (exact) mass is 562 g/mol. The molecule has 2 aliphatic carbocycles. The largest absolute Gasteiger partial charge is 0.489 e. The molecule has 0 spiro atoms. The molecule has 0 radical (unpaired) electrons. The molecule has 3 atom stereocenters. The van der Waals surface area contributed by atoms with Crippen molar-refractivity contribution >= 4 is 23.6 Å². The number of benzene rings is 1. The summed E-state index contributed by atoms with van der Waals surface area (Å²) < 4.78 is 6.62. The van der Waals surface area contributed by atoms with E-state index in [-0.39, 0.29) is 30.2 Å². The quantitative estimate of drug-likeness (QED) is 0.513. The summed E-state index contributed by atoms with van der Waals surface area (Å²) in [7, 11) is 0. The first-order valence-electron chi connectivity index (χ1n) is 15.9. The molecule has 6 aliphatic rings. The van der Waals surface area contributed by atoms with Crippen LogP contribution in [-0.4, -0.2) is 82.7 Å². The molecule has 1 unspecified atom stereocenters. The second-order valence-corrected chi connectivity index (χ2v) is 13.3. The van der Waals surface area contributed by atoms with Crippen LogP contribution >= 0.6 is 0 Å². The SMILES string of the molecule is O=C1CCC(N2Cc3cc(O[C@H]4CCCC[C@@H]4N4CC(C5CCN(C(=O)CC6CC6)CC5)C4)ccc3C2=O)C(=O)N1. The average molecular weight is 563 g/mol. The zero-order chi connectivity index (χ0) is 28.1. The number of nitrogens with zero attached hydrogens (tertiary/aromatic N) is 3. The van der Waals surface area contributed by atoms with Crippen molar-refractivity contribution in [3.8, 4) is 5.75 Å². The van der Waals surface area contributed by atoms with E-state index in [0.29, 0.717) is 36.4 Å². The molecule has 2 saturated carbocycles. The summed E-state index contributed by atoms with van der Waals surface area (Å²) in [6.45, 7) is 4.49. The van der Waals surface area contributed by atoms with Gasteiger partial charge < -0.3 is 14.5 Å². The molecule has 4 amide bonds. The molecule has 0 aromatic heterocycles. The van der Waals surface area contributed by atoms with E-state index in [9.17, 15) is 19.2 Å². The zero-order valence-electron chi connectivity index (χ0n) is 23.9. The Kier molecular flexibility index (Phi) is 7.25. The Morgan fingerprint density at radius 3 is 2.46 bits per heavy atom. The van der Waals surface area contributed by atoms with Crippen LogP contribution in [-0.2, 0) is 20.9 Å². The topological polar surface area (TPSA) is 99.3 Å². The van der Waals surface area contributed by atoms with Gasteiger partial charge in [0.15, 0.2) is 0 Å². The van der Waals surface area contributed by atoms with Gasteiger partial charge in [0, 0.05) is 57.2 Å². The number of carbonyl (C=O) groups is 4. The number of amides is 4. The number of imide groups is 1. The van der Waals surface area contributed by atoms with Gasteiger partial charge in [-0.05, 0) is 92.9 Å². The molecule has 9 heteroatoms. The van der Waals surface area contributed by atoms with E-state index in [1.807, 2.05) is 18.2 Å². The molecular weight excluding hydrogens is 520 g/mol. The van der Waals surface area contributed by atoms with Gasteiger partial charge in [-0.2, -0.15) is 0 Å². The van der Waals surface area contributed by atoms with E-state index in [4.69, 9.17) is 4.74 Å². The molecule has 1 N–H and O–H groups in total. The summed E-state index contributed by atoms with van der Waals surface area (Å²) in [6, 6.07) is 5.51. The van der Waals surface area contributed by atoms with Crippen molar-refractivity contribution in [1.29, 1.82) is 0 Å². The van der Waals surface area contributed by atoms with Crippen LogP contribution in [0.5, 0.6) is 5.75 Å². The number of ether oxygens (including phenoxy) is 1. The van der Waals surface area contributed by atoms with Gasteiger partial charge >= 0.3 is 0 Å². The third kappa shape index (κ3) is 5.49. The van der Waals surface area contributed by atoms with Gasteiger partial charge in [-0.25, -0.2) is 0 Å². The van der Waals surface area contributed by atoms with Crippen LogP contribution in [0.4, 0.5) is 0 Å². The fraction of sp³-hybridized carbons (Fsp3) is 0.688. The Bertz CT molecular complexity index is 1220. The molecule has 41 heavy (non-hydrogen) atoms. The van der Waals surface area contributed by atoms with E-state index in [1.54, 1.807) is 4.90 Å². The van der Waals surface area contributed by atoms with Crippen LogP contribution < -0.4 is 10.1 Å². The smallest absolute Gasteiger partial charge is 0.255 e. The van der Waals surface area contributed by atoms with E-state index < -0.39 is 6.04 Å². The highest BCUT2D eigenvalue weighted by Crippen LogP contribution is 2.39. The van der Waals surface area contributed by atoms with Crippen LogP contribution in [0.25, 0.3) is 0 Å². The Hall–Kier alpha value is -2.94. The summed E-state index contributed by atoms with van der Waals surface area (Å²) in [5, 5.41) is 2.37. The Morgan fingerprint density at radius 1 is 0.927 bits per heavy atom. The normalized spacial score (nSPS) is 29.8. The van der Waals surface area contributed by atoms with Crippen LogP contribution in [0.2, 0.25) is 0 Å². The number of hydrogen-bond acceptors (Lipinski definition) is 6. The number of fused-ring (bicyclic) bond motifs is 1. The zero-order valence-corrected chi connectivity index (χ0v) is 23.9. The van der Waals surface area contributed by atoms with Gasteiger partial charge in [0.05, 0.1) is 0 Å². The highest BCUT2D eigenvalue weighted by molar-refractivity contribution is 6.05. The highest BCUT2D eigenvalue weighted by Gasteiger charge is 2.43. The number of rotatable bonds is 7. The van der Waals surface area contributed by atoms with Gasteiger partial charge in [-0.3, -0.25) is 29.4 Å². The molecule has 3 saturated heterocycles. The van der Waals surface area contributed by atoms with Crippen molar-refractivity contribution in [2.75, 3.05) is 26.2 Å². The molecule has 0 bridgehead atoms. The Labute approximate surface area is 241 Å². The first-order chi connectivity index (χ1) is 19.9. The second-order valence-electron chi connectivity index (χ2n) is 13.3. The lowest BCUT2D eigenvalue weighted by Crippen LogP contribution is -2.60.